The third-order valence-electron chi connectivity index (χ3n) is 4.60. The van der Waals surface area contributed by atoms with Crippen LogP contribution in [0.5, 0.6) is 11.5 Å². The zero-order chi connectivity index (χ0) is 21.9. The van der Waals surface area contributed by atoms with Crippen LogP contribution in [0.25, 0.3) is 6.08 Å². The second kappa shape index (κ2) is 8.61. The van der Waals surface area contributed by atoms with Gasteiger partial charge < -0.3 is 14.2 Å². The van der Waals surface area contributed by atoms with Gasteiger partial charge in [-0.05, 0) is 57.0 Å². The highest BCUT2D eigenvalue weighted by atomic mass is 16.6. The van der Waals surface area contributed by atoms with Gasteiger partial charge in [0.2, 0.25) is 0 Å². The average Bonchev–Trinajstić information content (AvgIpc) is 3.08. The predicted octanol–water partition coefficient (Wildman–Crippen LogP) is 5.00. The molecule has 2 aromatic carbocycles. The standard InChI is InChI=1S/C24H27NO5/c1-16(13-17-11-12-20(28-5)21(14-17)30-24(2,3)4)22(26)25-19(15-29-23(25)27)18-9-7-6-8-10-18/h6-14,19H,15H2,1-5H3/b16-13+. The zero-order valence-corrected chi connectivity index (χ0v) is 18.0. The van der Waals surface area contributed by atoms with E-state index in [-0.39, 0.29) is 12.5 Å². The van der Waals surface area contributed by atoms with Gasteiger partial charge in [0, 0.05) is 5.57 Å². The number of nitrogens with zero attached hydrogens (tertiary/aromatic N) is 1. The maximum absolute atomic E-state index is 13.1. The molecule has 0 bridgehead atoms. The molecule has 0 spiro atoms. The van der Waals surface area contributed by atoms with Crippen molar-refractivity contribution in [1.29, 1.82) is 0 Å². The Morgan fingerprint density at radius 2 is 1.83 bits per heavy atom. The minimum absolute atomic E-state index is 0.147. The summed E-state index contributed by atoms with van der Waals surface area (Å²) in [5, 5.41) is 0. The second-order valence-electron chi connectivity index (χ2n) is 8.13. The summed E-state index contributed by atoms with van der Waals surface area (Å²) in [6.07, 6.45) is 1.10. The molecule has 1 aliphatic heterocycles. The van der Waals surface area contributed by atoms with E-state index in [1.807, 2.05) is 63.2 Å². The van der Waals surface area contributed by atoms with Crippen molar-refractivity contribution in [3.63, 3.8) is 0 Å². The van der Waals surface area contributed by atoms with E-state index in [4.69, 9.17) is 14.2 Å². The highest BCUT2D eigenvalue weighted by Gasteiger charge is 2.39. The van der Waals surface area contributed by atoms with E-state index in [1.54, 1.807) is 26.2 Å². The number of rotatable bonds is 5. The van der Waals surface area contributed by atoms with Gasteiger partial charge >= 0.3 is 6.09 Å². The number of methoxy groups -OCH3 is 1. The SMILES string of the molecule is COc1ccc(/C=C(\C)C(=O)N2C(=O)OCC2c2ccccc2)cc1OC(C)(C)C. The predicted molar refractivity (Wildman–Crippen MR) is 114 cm³/mol. The van der Waals surface area contributed by atoms with E-state index in [2.05, 4.69) is 0 Å². The molecule has 0 saturated carbocycles. The molecule has 0 N–H and O–H groups in total. The molecule has 1 aliphatic rings. The first-order valence-electron chi connectivity index (χ1n) is 9.80. The van der Waals surface area contributed by atoms with Gasteiger partial charge in [-0.15, -0.1) is 0 Å². The molecule has 1 heterocycles. The molecule has 1 atom stereocenters. The molecule has 0 aromatic heterocycles. The van der Waals surface area contributed by atoms with Crippen LogP contribution in [0.4, 0.5) is 4.79 Å². The minimum atomic E-state index is -0.631. The number of carbonyl (C=O) groups is 2. The number of hydrogen-bond acceptors (Lipinski definition) is 5. The summed E-state index contributed by atoms with van der Waals surface area (Å²) < 4.78 is 16.5. The fourth-order valence-corrected chi connectivity index (χ4v) is 3.26. The van der Waals surface area contributed by atoms with Crippen LogP contribution in [0.15, 0.2) is 54.1 Å². The maximum Gasteiger partial charge on any atom is 0.417 e. The molecule has 6 heteroatoms. The summed E-state index contributed by atoms with van der Waals surface area (Å²) in [7, 11) is 1.58. The molecular formula is C24H27NO5. The van der Waals surface area contributed by atoms with E-state index >= 15 is 0 Å². The van der Waals surface area contributed by atoms with Crippen molar-refractivity contribution in [3.05, 3.63) is 65.2 Å². The molecule has 2 amide bonds. The highest BCUT2D eigenvalue weighted by molar-refractivity contribution is 6.05. The largest absolute Gasteiger partial charge is 0.493 e. The number of imide groups is 1. The third-order valence-corrected chi connectivity index (χ3v) is 4.60. The van der Waals surface area contributed by atoms with Gasteiger partial charge in [0.15, 0.2) is 11.5 Å². The molecule has 3 rings (SSSR count). The lowest BCUT2D eigenvalue weighted by Gasteiger charge is -2.23. The smallest absolute Gasteiger partial charge is 0.417 e. The summed E-state index contributed by atoms with van der Waals surface area (Å²) in [6.45, 7) is 7.68. The number of amides is 2. The monoisotopic (exact) mass is 409 g/mol. The van der Waals surface area contributed by atoms with E-state index in [0.717, 1.165) is 11.1 Å². The summed E-state index contributed by atoms with van der Waals surface area (Å²) in [4.78, 5) is 26.5. The van der Waals surface area contributed by atoms with Crippen LogP contribution in [-0.4, -0.2) is 36.2 Å². The highest BCUT2D eigenvalue weighted by Crippen LogP contribution is 2.33. The maximum atomic E-state index is 13.1. The van der Waals surface area contributed by atoms with Crippen molar-refractivity contribution >= 4 is 18.1 Å². The van der Waals surface area contributed by atoms with Gasteiger partial charge in [0.25, 0.3) is 5.91 Å². The zero-order valence-electron chi connectivity index (χ0n) is 18.0. The summed E-state index contributed by atoms with van der Waals surface area (Å²) in [5.74, 6) is 0.806. The number of hydrogen-bond donors (Lipinski definition) is 0. The third kappa shape index (κ3) is 4.82. The van der Waals surface area contributed by atoms with Crippen molar-refractivity contribution in [2.75, 3.05) is 13.7 Å². The molecule has 1 saturated heterocycles. The van der Waals surface area contributed by atoms with Gasteiger partial charge in [-0.3, -0.25) is 4.79 Å². The molecule has 2 aromatic rings. The number of cyclic esters (lactones) is 1. The molecule has 158 valence electrons. The lowest BCUT2D eigenvalue weighted by Crippen LogP contribution is -2.34. The van der Waals surface area contributed by atoms with Gasteiger partial charge in [-0.2, -0.15) is 0 Å². The fraction of sp³-hybridized carbons (Fsp3) is 0.333. The summed E-state index contributed by atoms with van der Waals surface area (Å²) >= 11 is 0. The van der Waals surface area contributed by atoms with Crippen LogP contribution in [-0.2, 0) is 9.53 Å². The first kappa shape index (κ1) is 21.4. The summed E-state index contributed by atoms with van der Waals surface area (Å²) in [6, 6.07) is 14.4. The Balaban J connectivity index is 1.88. The van der Waals surface area contributed by atoms with Crippen molar-refractivity contribution < 1.29 is 23.8 Å². The first-order valence-corrected chi connectivity index (χ1v) is 9.80. The molecule has 1 fully saturated rings. The molecule has 30 heavy (non-hydrogen) atoms. The van der Waals surface area contributed by atoms with Crippen LogP contribution >= 0.6 is 0 Å². The number of carbonyl (C=O) groups excluding carboxylic acids is 2. The topological polar surface area (TPSA) is 65.1 Å². The van der Waals surface area contributed by atoms with E-state index in [9.17, 15) is 9.59 Å². The average molecular weight is 409 g/mol. The minimum Gasteiger partial charge on any atom is -0.493 e. The molecule has 6 nitrogen and oxygen atoms in total. The Morgan fingerprint density at radius 1 is 1.13 bits per heavy atom. The lowest BCUT2D eigenvalue weighted by molar-refractivity contribution is -0.125. The van der Waals surface area contributed by atoms with Gasteiger partial charge in [0.05, 0.1) is 7.11 Å². The quantitative estimate of drug-likeness (QED) is 0.651. The Labute approximate surface area is 177 Å². The number of ether oxygens (including phenoxy) is 3. The van der Waals surface area contributed by atoms with Gasteiger partial charge in [0.1, 0.15) is 18.2 Å². The molecule has 1 unspecified atom stereocenters. The lowest BCUT2D eigenvalue weighted by atomic mass is 10.1. The normalized spacial score (nSPS) is 17.0. The van der Waals surface area contributed by atoms with Crippen molar-refractivity contribution in [3.8, 4) is 11.5 Å². The molecule has 0 radical (unpaired) electrons. The van der Waals surface area contributed by atoms with Crippen molar-refractivity contribution in [2.45, 2.75) is 39.3 Å². The first-order chi connectivity index (χ1) is 14.2. The van der Waals surface area contributed by atoms with Gasteiger partial charge in [-0.25, -0.2) is 9.69 Å². The van der Waals surface area contributed by atoms with Crippen molar-refractivity contribution in [2.24, 2.45) is 0 Å². The van der Waals surface area contributed by atoms with Crippen LogP contribution in [0.1, 0.15) is 44.9 Å². The Hall–Kier alpha value is -3.28. The van der Waals surface area contributed by atoms with E-state index < -0.39 is 17.7 Å². The fourth-order valence-electron chi connectivity index (χ4n) is 3.26. The Bertz CT molecular complexity index is 959. The Kier molecular flexibility index (Phi) is 6.15. The summed E-state index contributed by atoms with van der Waals surface area (Å²) in [5.41, 5.74) is 1.64. The van der Waals surface area contributed by atoms with Crippen LogP contribution in [0, 0.1) is 0 Å². The number of benzene rings is 2. The second-order valence-corrected chi connectivity index (χ2v) is 8.13. The van der Waals surface area contributed by atoms with Crippen molar-refractivity contribution in [1.82, 2.24) is 4.90 Å². The molecular weight excluding hydrogens is 382 g/mol. The van der Waals surface area contributed by atoms with Crippen LogP contribution < -0.4 is 9.47 Å². The van der Waals surface area contributed by atoms with E-state index in [1.165, 1.54) is 4.90 Å². The van der Waals surface area contributed by atoms with Gasteiger partial charge in [-0.1, -0.05) is 36.4 Å². The van der Waals surface area contributed by atoms with Crippen LogP contribution in [0.2, 0.25) is 0 Å². The molecule has 0 aliphatic carbocycles. The van der Waals surface area contributed by atoms with Crippen LogP contribution in [0.3, 0.4) is 0 Å². The van der Waals surface area contributed by atoms with E-state index in [0.29, 0.717) is 17.1 Å². The Morgan fingerprint density at radius 3 is 2.47 bits per heavy atom.